The quantitative estimate of drug-likeness (QED) is 0.849. The van der Waals surface area contributed by atoms with Gasteiger partial charge in [-0.05, 0) is 12.8 Å². The number of pyridine rings is 1. The van der Waals surface area contributed by atoms with Gasteiger partial charge in [0.2, 0.25) is 0 Å². The SMILES string of the molecule is CN(C)C(=O)c1cnc(C(F)(F)F)cc1OC1CC1. The van der Waals surface area contributed by atoms with Crippen molar-refractivity contribution in [3.05, 3.63) is 23.5 Å². The van der Waals surface area contributed by atoms with Crippen LogP contribution in [0, 0.1) is 0 Å². The molecule has 0 radical (unpaired) electrons. The number of amides is 1. The Hall–Kier alpha value is -1.79. The van der Waals surface area contributed by atoms with E-state index in [1.807, 2.05) is 0 Å². The molecule has 4 nitrogen and oxygen atoms in total. The van der Waals surface area contributed by atoms with Crippen molar-refractivity contribution in [1.82, 2.24) is 9.88 Å². The summed E-state index contributed by atoms with van der Waals surface area (Å²) in [7, 11) is 3.03. The zero-order valence-corrected chi connectivity index (χ0v) is 10.5. The van der Waals surface area contributed by atoms with Crippen molar-refractivity contribution < 1.29 is 22.7 Å². The third-order valence-corrected chi connectivity index (χ3v) is 2.61. The number of nitrogens with zero attached hydrogens (tertiary/aromatic N) is 2. The number of hydrogen-bond donors (Lipinski definition) is 0. The van der Waals surface area contributed by atoms with Crippen LogP contribution < -0.4 is 4.74 Å². The minimum atomic E-state index is -4.55. The maximum absolute atomic E-state index is 12.6. The van der Waals surface area contributed by atoms with Gasteiger partial charge in [-0.15, -0.1) is 0 Å². The van der Waals surface area contributed by atoms with Crippen LogP contribution in [0.3, 0.4) is 0 Å². The molecule has 7 heteroatoms. The lowest BCUT2D eigenvalue weighted by Gasteiger charge is -2.16. The van der Waals surface area contributed by atoms with Crippen LogP contribution in [0.1, 0.15) is 28.9 Å². The molecule has 1 fully saturated rings. The van der Waals surface area contributed by atoms with E-state index in [1.165, 1.54) is 19.0 Å². The van der Waals surface area contributed by atoms with Crippen LogP contribution in [-0.2, 0) is 6.18 Å². The maximum Gasteiger partial charge on any atom is 0.433 e. The lowest BCUT2D eigenvalue weighted by Crippen LogP contribution is -2.23. The van der Waals surface area contributed by atoms with E-state index in [4.69, 9.17) is 4.74 Å². The smallest absolute Gasteiger partial charge is 0.433 e. The summed E-state index contributed by atoms with van der Waals surface area (Å²) in [5, 5.41) is 0. The number of aromatic nitrogens is 1. The highest BCUT2D eigenvalue weighted by molar-refractivity contribution is 5.96. The fourth-order valence-corrected chi connectivity index (χ4v) is 1.46. The summed E-state index contributed by atoms with van der Waals surface area (Å²) >= 11 is 0. The second-order valence-corrected chi connectivity index (χ2v) is 4.58. The molecule has 1 aromatic rings. The predicted molar refractivity (Wildman–Crippen MR) is 60.9 cm³/mol. The number of halogens is 3. The summed E-state index contributed by atoms with van der Waals surface area (Å²) in [6.45, 7) is 0. The standard InChI is InChI=1S/C12H13F3N2O2/c1-17(2)11(18)8-6-16-10(12(13,14)15)5-9(8)19-7-3-4-7/h5-7H,3-4H2,1-2H3. The number of rotatable bonds is 3. The lowest BCUT2D eigenvalue weighted by atomic mass is 10.2. The Balaban J connectivity index is 2.39. The third-order valence-electron chi connectivity index (χ3n) is 2.61. The van der Waals surface area contributed by atoms with Gasteiger partial charge in [0.05, 0.1) is 11.7 Å². The normalized spacial score (nSPS) is 15.2. The molecule has 1 aliphatic carbocycles. The molecule has 1 aliphatic rings. The van der Waals surface area contributed by atoms with Crippen molar-refractivity contribution in [2.75, 3.05) is 14.1 Å². The minimum absolute atomic E-state index is 0.0462. The number of alkyl halides is 3. The van der Waals surface area contributed by atoms with Crippen LogP contribution in [0.25, 0.3) is 0 Å². The lowest BCUT2D eigenvalue weighted by molar-refractivity contribution is -0.141. The Morgan fingerprint density at radius 1 is 1.42 bits per heavy atom. The van der Waals surface area contributed by atoms with Crippen molar-refractivity contribution in [3.63, 3.8) is 0 Å². The second kappa shape index (κ2) is 4.71. The van der Waals surface area contributed by atoms with Gasteiger partial charge in [-0.2, -0.15) is 13.2 Å². The highest BCUT2D eigenvalue weighted by atomic mass is 19.4. The average molecular weight is 274 g/mol. The van der Waals surface area contributed by atoms with Crippen LogP contribution in [-0.4, -0.2) is 36.0 Å². The third kappa shape index (κ3) is 3.15. The topological polar surface area (TPSA) is 42.4 Å². The molecule has 0 spiro atoms. The largest absolute Gasteiger partial charge is 0.489 e. The summed E-state index contributed by atoms with van der Waals surface area (Å²) < 4.78 is 43.2. The van der Waals surface area contributed by atoms with E-state index in [-0.39, 0.29) is 17.4 Å². The summed E-state index contributed by atoms with van der Waals surface area (Å²) in [5.41, 5.74) is -1.01. The molecule has 104 valence electrons. The van der Waals surface area contributed by atoms with Crippen molar-refractivity contribution in [2.45, 2.75) is 25.1 Å². The van der Waals surface area contributed by atoms with Gasteiger partial charge < -0.3 is 9.64 Å². The van der Waals surface area contributed by atoms with Gasteiger partial charge in [0, 0.05) is 26.4 Å². The van der Waals surface area contributed by atoms with E-state index in [0.29, 0.717) is 0 Å². The molecular weight excluding hydrogens is 261 g/mol. The molecule has 1 amide bonds. The van der Waals surface area contributed by atoms with Crippen molar-refractivity contribution in [2.24, 2.45) is 0 Å². The number of ether oxygens (including phenoxy) is 1. The highest BCUT2D eigenvalue weighted by Gasteiger charge is 2.35. The fourth-order valence-electron chi connectivity index (χ4n) is 1.46. The van der Waals surface area contributed by atoms with Crippen molar-refractivity contribution >= 4 is 5.91 Å². The molecule has 0 bridgehead atoms. The number of hydrogen-bond acceptors (Lipinski definition) is 3. The van der Waals surface area contributed by atoms with Crippen LogP contribution in [0.15, 0.2) is 12.3 Å². The van der Waals surface area contributed by atoms with E-state index in [0.717, 1.165) is 25.1 Å². The van der Waals surface area contributed by atoms with Crippen LogP contribution >= 0.6 is 0 Å². The molecular formula is C12H13F3N2O2. The van der Waals surface area contributed by atoms with Gasteiger partial charge in [-0.1, -0.05) is 0 Å². The first-order valence-corrected chi connectivity index (χ1v) is 5.74. The summed E-state index contributed by atoms with van der Waals surface area (Å²) in [6, 6.07) is 0.787. The second-order valence-electron chi connectivity index (χ2n) is 4.58. The Labute approximate surface area is 108 Å². The Bertz CT molecular complexity index is 496. The van der Waals surface area contributed by atoms with Gasteiger partial charge in [0.25, 0.3) is 5.91 Å². The zero-order valence-electron chi connectivity index (χ0n) is 10.5. The van der Waals surface area contributed by atoms with Crippen molar-refractivity contribution in [1.29, 1.82) is 0 Å². The van der Waals surface area contributed by atoms with Gasteiger partial charge in [-0.25, -0.2) is 0 Å². The molecule has 0 N–H and O–H groups in total. The van der Waals surface area contributed by atoms with E-state index in [1.54, 1.807) is 0 Å². The Morgan fingerprint density at radius 2 is 2.05 bits per heavy atom. The maximum atomic E-state index is 12.6. The molecule has 0 aliphatic heterocycles. The van der Waals surface area contributed by atoms with E-state index >= 15 is 0 Å². The summed E-state index contributed by atoms with van der Waals surface area (Å²) in [6.07, 6.45) is -2.15. The first kappa shape index (κ1) is 13.6. The molecule has 1 heterocycles. The molecule has 19 heavy (non-hydrogen) atoms. The van der Waals surface area contributed by atoms with E-state index in [9.17, 15) is 18.0 Å². The monoisotopic (exact) mass is 274 g/mol. The predicted octanol–water partition coefficient (Wildman–Crippen LogP) is 2.34. The van der Waals surface area contributed by atoms with Gasteiger partial charge in [0.1, 0.15) is 11.4 Å². The zero-order chi connectivity index (χ0) is 14.2. The first-order valence-electron chi connectivity index (χ1n) is 5.74. The number of carbonyl (C=O) groups is 1. The highest BCUT2D eigenvalue weighted by Crippen LogP contribution is 2.34. The first-order chi connectivity index (χ1) is 8.79. The molecule has 1 aromatic heterocycles. The van der Waals surface area contributed by atoms with Crippen LogP contribution in [0.5, 0.6) is 5.75 Å². The molecule has 2 rings (SSSR count). The number of carbonyl (C=O) groups excluding carboxylic acids is 1. The van der Waals surface area contributed by atoms with Gasteiger partial charge in [-0.3, -0.25) is 9.78 Å². The van der Waals surface area contributed by atoms with Crippen LogP contribution in [0.2, 0.25) is 0 Å². The fraction of sp³-hybridized carbons (Fsp3) is 0.500. The molecule has 0 unspecified atom stereocenters. The van der Waals surface area contributed by atoms with Gasteiger partial charge in [0.15, 0.2) is 0 Å². The Morgan fingerprint density at radius 3 is 2.53 bits per heavy atom. The molecule has 0 atom stereocenters. The molecule has 0 saturated heterocycles. The molecule has 0 aromatic carbocycles. The Kier molecular flexibility index (Phi) is 3.38. The van der Waals surface area contributed by atoms with Crippen LogP contribution in [0.4, 0.5) is 13.2 Å². The van der Waals surface area contributed by atoms with E-state index in [2.05, 4.69) is 4.98 Å². The van der Waals surface area contributed by atoms with E-state index < -0.39 is 17.8 Å². The average Bonchev–Trinajstić information content (AvgIpc) is 3.10. The minimum Gasteiger partial charge on any atom is -0.489 e. The van der Waals surface area contributed by atoms with Gasteiger partial charge >= 0.3 is 6.18 Å². The molecule has 1 saturated carbocycles. The summed E-state index contributed by atoms with van der Waals surface area (Å²) in [4.78, 5) is 16.4. The summed E-state index contributed by atoms with van der Waals surface area (Å²) in [5.74, 6) is -0.486. The van der Waals surface area contributed by atoms with Crippen molar-refractivity contribution in [3.8, 4) is 5.75 Å².